The zero-order chi connectivity index (χ0) is 21.4. The Labute approximate surface area is 192 Å². The SMILES string of the molecule is O=C(O)c1c(Oc2ccc(Cl)c(Cl)c2)c2cc(Cl)ccc2n1Cc1ccc(Cl)cc1. The molecule has 0 bridgehead atoms. The highest BCUT2D eigenvalue weighted by Crippen LogP contribution is 2.39. The number of fused-ring (bicyclic) bond motifs is 1. The number of carbonyl (C=O) groups is 1. The minimum Gasteiger partial charge on any atom is -0.476 e. The molecule has 30 heavy (non-hydrogen) atoms. The number of hydrogen-bond acceptors (Lipinski definition) is 2. The molecule has 0 amide bonds. The molecular formula is C22H13Cl4NO3. The van der Waals surface area contributed by atoms with Crippen LogP contribution in [0.5, 0.6) is 11.5 Å². The topological polar surface area (TPSA) is 51.5 Å². The van der Waals surface area contributed by atoms with E-state index in [-0.39, 0.29) is 11.4 Å². The van der Waals surface area contributed by atoms with Gasteiger partial charge in [0.2, 0.25) is 0 Å². The Balaban J connectivity index is 1.90. The van der Waals surface area contributed by atoms with Gasteiger partial charge in [-0.3, -0.25) is 0 Å². The van der Waals surface area contributed by atoms with Crippen molar-refractivity contribution in [3.63, 3.8) is 0 Å². The number of hydrogen-bond donors (Lipinski definition) is 1. The van der Waals surface area contributed by atoms with Gasteiger partial charge in [-0.25, -0.2) is 4.79 Å². The van der Waals surface area contributed by atoms with Gasteiger partial charge in [-0.1, -0.05) is 58.5 Å². The molecular weight excluding hydrogens is 468 g/mol. The van der Waals surface area contributed by atoms with E-state index in [1.165, 1.54) is 6.07 Å². The van der Waals surface area contributed by atoms with E-state index in [0.29, 0.717) is 43.3 Å². The summed E-state index contributed by atoms with van der Waals surface area (Å²) in [5.41, 5.74) is 1.55. The summed E-state index contributed by atoms with van der Waals surface area (Å²) in [6.45, 7) is 0.307. The number of nitrogens with zero attached hydrogens (tertiary/aromatic N) is 1. The molecule has 0 spiro atoms. The molecule has 0 aliphatic carbocycles. The first-order chi connectivity index (χ1) is 14.3. The molecule has 0 radical (unpaired) electrons. The Morgan fingerprint density at radius 1 is 0.867 bits per heavy atom. The van der Waals surface area contributed by atoms with Gasteiger partial charge >= 0.3 is 5.97 Å². The van der Waals surface area contributed by atoms with Gasteiger partial charge in [0.05, 0.1) is 15.6 Å². The quantitative estimate of drug-likeness (QED) is 0.317. The Morgan fingerprint density at radius 3 is 2.23 bits per heavy atom. The second-order valence-electron chi connectivity index (χ2n) is 6.53. The van der Waals surface area contributed by atoms with Crippen LogP contribution in [0.15, 0.2) is 60.7 Å². The molecule has 1 N–H and O–H groups in total. The number of rotatable bonds is 5. The van der Waals surface area contributed by atoms with E-state index in [0.717, 1.165) is 5.56 Å². The fourth-order valence-corrected chi connectivity index (χ4v) is 3.79. The maximum atomic E-state index is 12.3. The van der Waals surface area contributed by atoms with E-state index in [1.54, 1.807) is 47.0 Å². The summed E-state index contributed by atoms with van der Waals surface area (Å²) in [6, 6.07) is 17.1. The average molecular weight is 481 g/mol. The predicted molar refractivity (Wildman–Crippen MR) is 121 cm³/mol. The molecule has 0 unspecified atom stereocenters. The Morgan fingerprint density at radius 2 is 1.57 bits per heavy atom. The normalized spacial score (nSPS) is 11.1. The lowest BCUT2D eigenvalue weighted by Crippen LogP contribution is -2.10. The number of halogens is 4. The minimum atomic E-state index is -1.13. The van der Waals surface area contributed by atoms with Crippen LogP contribution < -0.4 is 4.74 Å². The van der Waals surface area contributed by atoms with Gasteiger partial charge < -0.3 is 14.4 Å². The van der Waals surface area contributed by atoms with Crippen LogP contribution in [-0.2, 0) is 6.54 Å². The fraction of sp³-hybridized carbons (Fsp3) is 0.0455. The lowest BCUT2D eigenvalue weighted by atomic mass is 10.2. The van der Waals surface area contributed by atoms with Crippen LogP contribution >= 0.6 is 46.4 Å². The van der Waals surface area contributed by atoms with Crippen molar-refractivity contribution < 1.29 is 14.6 Å². The van der Waals surface area contributed by atoms with Crippen molar-refractivity contribution in [3.05, 3.63) is 92.0 Å². The van der Waals surface area contributed by atoms with E-state index in [1.807, 2.05) is 12.1 Å². The fourth-order valence-electron chi connectivity index (χ4n) is 3.21. The highest BCUT2D eigenvalue weighted by Gasteiger charge is 2.25. The van der Waals surface area contributed by atoms with Gasteiger partial charge in [0.25, 0.3) is 0 Å². The molecule has 4 aromatic rings. The zero-order valence-corrected chi connectivity index (χ0v) is 18.2. The number of benzene rings is 3. The summed E-state index contributed by atoms with van der Waals surface area (Å²) in [4.78, 5) is 12.3. The van der Waals surface area contributed by atoms with Crippen molar-refractivity contribution in [3.8, 4) is 11.5 Å². The second kappa shape index (κ2) is 8.40. The van der Waals surface area contributed by atoms with Gasteiger partial charge in [-0.05, 0) is 48.0 Å². The molecule has 0 aliphatic rings. The third kappa shape index (κ3) is 4.09. The van der Waals surface area contributed by atoms with E-state index in [9.17, 15) is 9.90 Å². The molecule has 1 heterocycles. The molecule has 0 saturated carbocycles. The summed E-state index contributed by atoms with van der Waals surface area (Å²) < 4.78 is 7.66. The smallest absolute Gasteiger partial charge is 0.356 e. The van der Waals surface area contributed by atoms with Gasteiger partial charge in [-0.15, -0.1) is 0 Å². The van der Waals surface area contributed by atoms with Crippen LogP contribution in [0.25, 0.3) is 10.9 Å². The van der Waals surface area contributed by atoms with Crippen molar-refractivity contribution >= 4 is 63.3 Å². The highest BCUT2D eigenvalue weighted by atomic mass is 35.5. The zero-order valence-electron chi connectivity index (χ0n) is 15.2. The van der Waals surface area contributed by atoms with Crippen LogP contribution in [0.1, 0.15) is 16.1 Å². The lowest BCUT2D eigenvalue weighted by molar-refractivity contribution is 0.0683. The summed E-state index contributed by atoms with van der Waals surface area (Å²) in [5.74, 6) is -0.601. The summed E-state index contributed by atoms with van der Waals surface area (Å²) in [5, 5.41) is 12.3. The third-order valence-corrected chi connectivity index (χ3v) is 5.77. The Bertz CT molecular complexity index is 1270. The number of carboxylic acids is 1. The van der Waals surface area contributed by atoms with Gasteiger partial charge in [0, 0.05) is 28.0 Å². The van der Waals surface area contributed by atoms with Crippen LogP contribution in [-0.4, -0.2) is 15.6 Å². The lowest BCUT2D eigenvalue weighted by Gasteiger charge is -2.10. The summed E-state index contributed by atoms with van der Waals surface area (Å²) in [6.07, 6.45) is 0. The second-order valence-corrected chi connectivity index (χ2v) is 8.22. The van der Waals surface area contributed by atoms with E-state index in [4.69, 9.17) is 51.1 Å². The van der Waals surface area contributed by atoms with Gasteiger partial charge in [0.15, 0.2) is 11.4 Å². The first kappa shape index (κ1) is 20.9. The molecule has 0 saturated heterocycles. The molecule has 152 valence electrons. The number of aromatic nitrogens is 1. The first-order valence-electron chi connectivity index (χ1n) is 8.76. The standard InChI is InChI=1S/C22H13Cl4NO3/c23-13-3-1-12(2-4-13)11-27-19-8-5-14(24)9-16(19)21(20(27)22(28)29)30-15-6-7-17(25)18(26)10-15/h1-10H,11H2,(H,28,29). The largest absolute Gasteiger partial charge is 0.476 e. The Hall–Kier alpha value is -2.37. The minimum absolute atomic E-state index is 0.00621. The number of ether oxygens (including phenoxy) is 1. The molecule has 0 fully saturated rings. The number of aromatic carboxylic acids is 1. The summed E-state index contributed by atoms with van der Waals surface area (Å²) in [7, 11) is 0. The van der Waals surface area contributed by atoms with E-state index in [2.05, 4.69) is 0 Å². The van der Waals surface area contributed by atoms with Crippen molar-refractivity contribution in [2.45, 2.75) is 6.54 Å². The maximum Gasteiger partial charge on any atom is 0.356 e. The molecule has 0 atom stereocenters. The first-order valence-corrected chi connectivity index (χ1v) is 10.3. The monoisotopic (exact) mass is 479 g/mol. The predicted octanol–water partition coefficient (Wildman–Crippen LogP) is 7.79. The van der Waals surface area contributed by atoms with Crippen molar-refractivity contribution in [2.75, 3.05) is 0 Å². The Kier molecular flexibility index (Phi) is 5.85. The summed E-state index contributed by atoms with van der Waals surface area (Å²) >= 11 is 24.2. The number of carboxylic acid groups (broad SMARTS) is 1. The molecule has 3 aromatic carbocycles. The molecule has 4 rings (SSSR count). The molecule has 8 heteroatoms. The molecule has 0 aliphatic heterocycles. The third-order valence-electron chi connectivity index (χ3n) is 4.55. The van der Waals surface area contributed by atoms with Crippen LogP contribution in [0, 0.1) is 0 Å². The molecule has 1 aromatic heterocycles. The van der Waals surface area contributed by atoms with Crippen molar-refractivity contribution in [1.29, 1.82) is 0 Å². The molecule has 4 nitrogen and oxygen atoms in total. The van der Waals surface area contributed by atoms with Crippen LogP contribution in [0.4, 0.5) is 0 Å². The highest BCUT2D eigenvalue weighted by molar-refractivity contribution is 6.42. The average Bonchev–Trinajstić information content (AvgIpc) is 2.99. The van der Waals surface area contributed by atoms with Crippen LogP contribution in [0.2, 0.25) is 20.1 Å². The van der Waals surface area contributed by atoms with Gasteiger partial charge in [-0.2, -0.15) is 0 Å². The van der Waals surface area contributed by atoms with E-state index < -0.39 is 5.97 Å². The van der Waals surface area contributed by atoms with Crippen LogP contribution in [0.3, 0.4) is 0 Å². The maximum absolute atomic E-state index is 12.3. The van der Waals surface area contributed by atoms with Gasteiger partial charge in [0.1, 0.15) is 5.75 Å². The van der Waals surface area contributed by atoms with Crippen molar-refractivity contribution in [2.24, 2.45) is 0 Å². The van der Waals surface area contributed by atoms with Crippen molar-refractivity contribution in [1.82, 2.24) is 4.57 Å². The van der Waals surface area contributed by atoms with E-state index >= 15 is 0 Å².